The Morgan fingerprint density at radius 3 is 2.24 bits per heavy atom. The van der Waals surface area contributed by atoms with Gasteiger partial charge in [-0.15, -0.1) is 0 Å². The number of benzene rings is 2. The molecule has 3 nitrogen and oxygen atoms in total. The van der Waals surface area contributed by atoms with Crippen LogP contribution in [0.15, 0.2) is 42.5 Å². The smallest absolute Gasteiger partial charge is 0.150 e. The lowest BCUT2D eigenvalue weighted by Gasteiger charge is -2.09. The summed E-state index contributed by atoms with van der Waals surface area (Å²) in [6.45, 7) is 0. The number of rotatable bonds is 3. The molecule has 0 aliphatic rings. The zero-order chi connectivity index (χ0) is 12.3. The van der Waals surface area contributed by atoms with E-state index in [0.29, 0.717) is 28.0 Å². The second-order valence-electron chi connectivity index (χ2n) is 3.46. The Labute approximate surface area is 105 Å². The molecule has 0 radical (unpaired) electrons. The normalized spacial score (nSPS) is 10.0. The fraction of sp³-hybridized carbons (Fsp3) is 0.0769. The number of halogens is 1. The van der Waals surface area contributed by atoms with Crippen LogP contribution in [-0.2, 0) is 0 Å². The largest absolute Gasteiger partial charge is 0.497 e. The van der Waals surface area contributed by atoms with Gasteiger partial charge in [0.25, 0.3) is 0 Å². The standard InChI is InChI=1S/C13H12ClNO2/c1-16-11-6-7-13(12(15)8-11)17-10-4-2-9(14)3-5-10/h2-8H,15H2,1H3. The Morgan fingerprint density at radius 2 is 1.65 bits per heavy atom. The van der Waals surface area contributed by atoms with Gasteiger partial charge in [-0.05, 0) is 36.4 Å². The molecule has 0 bridgehead atoms. The molecule has 2 N–H and O–H groups in total. The van der Waals surface area contributed by atoms with E-state index in [1.54, 1.807) is 49.6 Å². The summed E-state index contributed by atoms with van der Waals surface area (Å²) in [5, 5.41) is 0.667. The van der Waals surface area contributed by atoms with Gasteiger partial charge >= 0.3 is 0 Å². The van der Waals surface area contributed by atoms with Crippen molar-refractivity contribution in [3.8, 4) is 17.2 Å². The van der Waals surface area contributed by atoms with E-state index in [1.807, 2.05) is 0 Å². The highest BCUT2D eigenvalue weighted by Crippen LogP contribution is 2.30. The lowest BCUT2D eigenvalue weighted by Crippen LogP contribution is -1.93. The summed E-state index contributed by atoms with van der Waals surface area (Å²) >= 11 is 5.79. The predicted molar refractivity (Wildman–Crippen MR) is 68.9 cm³/mol. The quantitative estimate of drug-likeness (QED) is 0.843. The molecule has 0 spiro atoms. The molecule has 0 aliphatic carbocycles. The van der Waals surface area contributed by atoms with Crippen LogP contribution in [0.1, 0.15) is 0 Å². The number of nitrogens with two attached hydrogens (primary N) is 1. The second-order valence-corrected chi connectivity index (χ2v) is 3.90. The molecule has 4 heteroatoms. The maximum atomic E-state index is 5.84. The highest BCUT2D eigenvalue weighted by molar-refractivity contribution is 6.30. The average Bonchev–Trinajstić information content (AvgIpc) is 2.34. The zero-order valence-corrected chi connectivity index (χ0v) is 10.1. The second kappa shape index (κ2) is 4.97. The highest BCUT2D eigenvalue weighted by Gasteiger charge is 2.03. The van der Waals surface area contributed by atoms with Gasteiger partial charge in [0, 0.05) is 11.1 Å². The molecular weight excluding hydrogens is 238 g/mol. The Kier molecular flexibility index (Phi) is 3.40. The summed E-state index contributed by atoms with van der Waals surface area (Å²) in [5.74, 6) is 1.98. The van der Waals surface area contributed by atoms with Crippen LogP contribution in [0, 0.1) is 0 Å². The Balaban J connectivity index is 2.21. The third-order valence-electron chi connectivity index (χ3n) is 2.26. The third kappa shape index (κ3) is 2.82. The van der Waals surface area contributed by atoms with Gasteiger partial charge in [0.05, 0.1) is 12.8 Å². The molecule has 2 rings (SSSR count). The first-order valence-electron chi connectivity index (χ1n) is 5.06. The van der Waals surface area contributed by atoms with Crippen molar-refractivity contribution in [1.82, 2.24) is 0 Å². The van der Waals surface area contributed by atoms with Crippen LogP contribution in [0.5, 0.6) is 17.2 Å². The van der Waals surface area contributed by atoms with Gasteiger partial charge in [-0.3, -0.25) is 0 Å². The van der Waals surface area contributed by atoms with Crippen LogP contribution < -0.4 is 15.2 Å². The van der Waals surface area contributed by atoms with E-state index in [-0.39, 0.29) is 0 Å². The monoisotopic (exact) mass is 249 g/mol. The van der Waals surface area contributed by atoms with Crippen LogP contribution in [0.25, 0.3) is 0 Å². The van der Waals surface area contributed by atoms with E-state index < -0.39 is 0 Å². The summed E-state index contributed by atoms with van der Waals surface area (Å²) < 4.78 is 10.7. The van der Waals surface area contributed by atoms with Crippen molar-refractivity contribution < 1.29 is 9.47 Å². The number of anilines is 1. The van der Waals surface area contributed by atoms with Crippen molar-refractivity contribution in [2.75, 3.05) is 12.8 Å². The fourth-order valence-corrected chi connectivity index (χ4v) is 1.50. The molecule has 0 amide bonds. The van der Waals surface area contributed by atoms with Gasteiger partial charge in [0.2, 0.25) is 0 Å². The summed E-state index contributed by atoms with van der Waals surface area (Å²) in [7, 11) is 1.59. The van der Waals surface area contributed by atoms with E-state index >= 15 is 0 Å². The SMILES string of the molecule is COc1ccc(Oc2ccc(Cl)cc2)c(N)c1. The molecule has 0 heterocycles. The molecule has 0 aromatic heterocycles. The van der Waals surface area contributed by atoms with Crippen LogP contribution in [0.2, 0.25) is 5.02 Å². The topological polar surface area (TPSA) is 44.5 Å². The molecule has 0 atom stereocenters. The Hall–Kier alpha value is -1.87. The summed E-state index contributed by atoms with van der Waals surface area (Å²) in [5.41, 5.74) is 6.37. The number of hydrogen-bond donors (Lipinski definition) is 1. The van der Waals surface area contributed by atoms with Gasteiger partial charge in [0.1, 0.15) is 11.5 Å². The van der Waals surface area contributed by atoms with E-state index in [1.165, 1.54) is 0 Å². The molecular formula is C13H12ClNO2. The highest BCUT2D eigenvalue weighted by atomic mass is 35.5. The van der Waals surface area contributed by atoms with Crippen molar-refractivity contribution in [2.45, 2.75) is 0 Å². The molecule has 88 valence electrons. The first-order chi connectivity index (χ1) is 8.19. The summed E-state index contributed by atoms with van der Waals surface area (Å²) in [6, 6.07) is 12.4. The molecule has 17 heavy (non-hydrogen) atoms. The average molecular weight is 250 g/mol. The first-order valence-corrected chi connectivity index (χ1v) is 5.44. The molecule has 0 fully saturated rings. The summed E-state index contributed by atoms with van der Waals surface area (Å²) in [6.07, 6.45) is 0. The van der Waals surface area contributed by atoms with Crippen molar-refractivity contribution in [2.24, 2.45) is 0 Å². The first kappa shape index (κ1) is 11.6. The third-order valence-corrected chi connectivity index (χ3v) is 2.51. The van der Waals surface area contributed by atoms with E-state index in [4.69, 9.17) is 26.8 Å². The Bertz CT molecular complexity index is 511. The summed E-state index contributed by atoms with van der Waals surface area (Å²) in [4.78, 5) is 0. The predicted octanol–water partition coefficient (Wildman–Crippen LogP) is 3.72. The molecule has 0 saturated heterocycles. The molecule has 0 saturated carbocycles. The minimum atomic E-state index is 0.527. The van der Waals surface area contributed by atoms with Crippen LogP contribution in [0.3, 0.4) is 0 Å². The van der Waals surface area contributed by atoms with Gasteiger partial charge in [-0.2, -0.15) is 0 Å². The minimum absolute atomic E-state index is 0.527. The Morgan fingerprint density at radius 1 is 1.00 bits per heavy atom. The van der Waals surface area contributed by atoms with Crippen molar-refractivity contribution in [3.63, 3.8) is 0 Å². The molecule has 0 unspecified atom stereocenters. The number of nitrogen functional groups attached to an aromatic ring is 1. The number of methoxy groups -OCH3 is 1. The fourth-order valence-electron chi connectivity index (χ4n) is 1.38. The van der Waals surface area contributed by atoms with Crippen LogP contribution >= 0.6 is 11.6 Å². The number of hydrogen-bond acceptors (Lipinski definition) is 3. The maximum Gasteiger partial charge on any atom is 0.150 e. The van der Waals surface area contributed by atoms with Crippen molar-refractivity contribution in [1.29, 1.82) is 0 Å². The van der Waals surface area contributed by atoms with Gasteiger partial charge in [-0.25, -0.2) is 0 Å². The molecule has 2 aromatic rings. The lowest BCUT2D eigenvalue weighted by atomic mass is 10.2. The minimum Gasteiger partial charge on any atom is -0.497 e. The molecule has 2 aromatic carbocycles. The van der Waals surface area contributed by atoms with Gasteiger partial charge in [-0.1, -0.05) is 11.6 Å². The van der Waals surface area contributed by atoms with Gasteiger partial charge < -0.3 is 15.2 Å². The zero-order valence-electron chi connectivity index (χ0n) is 9.31. The van der Waals surface area contributed by atoms with Crippen LogP contribution in [0.4, 0.5) is 5.69 Å². The van der Waals surface area contributed by atoms with E-state index in [2.05, 4.69) is 0 Å². The maximum absolute atomic E-state index is 5.84. The van der Waals surface area contributed by atoms with Crippen molar-refractivity contribution in [3.05, 3.63) is 47.5 Å². The number of ether oxygens (including phenoxy) is 2. The van der Waals surface area contributed by atoms with Crippen LogP contribution in [-0.4, -0.2) is 7.11 Å². The van der Waals surface area contributed by atoms with E-state index in [9.17, 15) is 0 Å². The lowest BCUT2D eigenvalue weighted by molar-refractivity contribution is 0.413. The van der Waals surface area contributed by atoms with E-state index in [0.717, 1.165) is 0 Å². The van der Waals surface area contributed by atoms with Gasteiger partial charge in [0.15, 0.2) is 5.75 Å². The molecule has 0 aliphatic heterocycles. The van der Waals surface area contributed by atoms with Crippen molar-refractivity contribution >= 4 is 17.3 Å².